The van der Waals surface area contributed by atoms with Gasteiger partial charge < -0.3 is 15.0 Å². The Bertz CT molecular complexity index is 446. The first-order valence-corrected chi connectivity index (χ1v) is 7.98. The standard InChI is InChI=1S/C17H29ClN2O/c1-7-10-19-13(2)14-8-9-16(15(18)11-14)21-12-17(3,4)20(5)6/h8-9,11,13,19H,7,10,12H2,1-6H3. The van der Waals surface area contributed by atoms with E-state index >= 15 is 0 Å². The van der Waals surface area contributed by atoms with Gasteiger partial charge in [-0.3, -0.25) is 0 Å². The van der Waals surface area contributed by atoms with Crippen LogP contribution in [0, 0.1) is 0 Å². The molecule has 0 heterocycles. The molecule has 1 aromatic carbocycles. The van der Waals surface area contributed by atoms with Gasteiger partial charge in [0.2, 0.25) is 0 Å². The van der Waals surface area contributed by atoms with Crippen LogP contribution in [0.2, 0.25) is 5.02 Å². The van der Waals surface area contributed by atoms with Crippen molar-refractivity contribution >= 4 is 11.6 Å². The van der Waals surface area contributed by atoms with E-state index in [-0.39, 0.29) is 5.54 Å². The maximum atomic E-state index is 6.35. The molecular weight excluding hydrogens is 284 g/mol. The summed E-state index contributed by atoms with van der Waals surface area (Å²) >= 11 is 6.35. The zero-order chi connectivity index (χ0) is 16.0. The molecule has 0 fully saturated rings. The van der Waals surface area contributed by atoms with Crippen molar-refractivity contribution in [3.63, 3.8) is 0 Å². The van der Waals surface area contributed by atoms with Crippen LogP contribution in [0.3, 0.4) is 0 Å². The number of benzene rings is 1. The fourth-order valence-electron chi connectivity index (χ4n) is 1.77. The van der Waals surface area contributed by atoms with E-state index in [0.717, 1.165) is 18.7 Å². The molecule has 1 N–H and O–H groups in total. The molecule has 0 saturated heterocycles. The van der Waals surface area contributed by atoms with E-state index in [4.69, 9.17) is 16.3 Å². The van der Waals surface area contributed by atoms with Gasteiger partial charge in [0.1, 0.15) is 12.4 Å². The molecule has 4 heteroatoms. The Hall–Kier alpha value is -0.770. The normalized spacial score (nSPS) is 13.5. The van der Waals surface area contributed by atoms with Gasteiger partial charge in [-0.15, -0.1) is 0 Å². The molecule has 0 radical (unpaired) electrons. The molecule has 0 aromatic heterocycles. The Balaban J connectivity index is 2.70. The first kappa shape index (κ1) is 18.3. The summed E-state index contributed by atoms with van der Waals surface area (Å²) in [6, 6.07) is 6.34. The van der Waals surface area contributed by atoms with Gasteiger partial charge in [-0.25, -0.2) is 0 Å². The lowest BCUT2D eigenvalue weighted by atomic mass is 10.1. The average Bonchev–Trinajstić information content (AvgIpc) is 2.43. The topological polar surface area (TPSA) is 24.5 Å². The van der Waals surface area contributed by atoms with Crippen molar-refractivity contribution in [2.45, 2.75) is 45.7 Å². The molecule has 21 heavy (non-hydrogen) atoms. The minimum Gasteiger partial charge on any atom is -0.490 e. The maximum absolute atomic E-state index is 6.35. The third-order valence-electron chi connectivity index (χ3n) is 3.95. The first-order chi connectivity index (χ1) is 9.77. The van der Waals surface area contributed by atoms with Crippen molar-refractivity contribution in [3.8, 4) is 5.75 Å². The van der Waals surface area contributed by atoms with Gasteiger partial charge in [-0.2, -0.15) is 0 Å². The SMILES string of the molecule is CCCNC(C)c1ccc(OCC(C)(C)N(C)C)c(Cl)c1. The molecule has 1 aromatic rings. The summed E-state index contributed by atoms with van der Waals surface area (Å²) in [5.74, 6) is 0.748. The molecule has 1 atom stereocenters. The lowest BCUT2D eigenvalue weighted by Crippen LogP contribution is -2.43. The smallest absolute Gasteiger partial charge is 0.138 e. The second-order valence-electron chi connectivity index (χ2n) is 6.36. The predicted octanol–water partition coefficient (Wildman–Crippen LogP) is 4.12. The highest BCUT2D eigenvalue weighted by molar-refractivity contribution is 6.32. The summed E-state index contributed by atoms with van der Waals surface area (Å²) in [5.41, 5.74) is 1.16. The fourth-order valence-corrected chi connectivity index (χ4v) is 2.01. The molecule has 0 aliphatic carbocycles. The van der Waals surface area contributed by atoms with E-state index in [1.54, 1.807) is 0 Å². The Morgan fingerprint density at radius 3 is 2.52 bits per heavy atom. The van der Waals surface area contributed by atoms with E-state index in [2.05, 4.69) is 58.1 Å². The summed E-state index contributed by atoms with van der Waals surface area (Å²) in [6.07, 6.45) is 1.12. The van der Waals surface area contributed by atoms with Crippen LogP contribution in [-0.2, 0) is 0 Å². The zero-order valence-electron chi connectivity index (χ0n) is 14.2. The number of hydrogen-bond donors (Lipinski definition) is 1. The molecular formula is C17H29ClN2O. The van der Waals surface area contributed by atoms with E-state index in [0.29, 0.717) is 17.7 Å². The molecule has 3 nitrogen and oxygen atoms in total. The Morgan fingerprint density at radius 2 is 2.00 bits per heavy atom. The number of ether oxygens (including phenoxy) is 1. The van der Waals surface area contributed by atoms with Gasteiger partial charge in [0.25, 0.3) is 0 Å². The molecule has 0 amide bonds. The van der Waals surface area contributed by atoms with Crippen LogP contribution in [0.5, 0.6) is 5.75 Å². The highest BCUT2D eigenvalue weighted by Crippen LogP contribution is 2.29. The second kappa shape index (κ2) is 8.02. The van der Waals surface area contributed by atoms with Crippen molar-refractivity contribution in [1.82, 2.24) is 10.2 Å². The molecule has 0 aliphatic heterocycles. The minimum absolute atomic E-state index is 0.0298. The monoisotopic (exact) mass is 312 g/mol. The molecule has 0 bridgehead atoms. The van der Waals surface area contributed by atoms with Crippen molar-refractivity contribution in [3.05, 3.63) is 28.8 Å². The van der Waals surface area contributed by atoms with E-state index in [1.165, 1.54) is 5.56 Å². The van der Waals surface area contributed by atoms with Crippen LogP contribution in [-0.4, -0.2) is 37.7 Å². The Kier molecular flexibility index (Phi) is 6.98. The van der Waals surface area contributed by atoms with Gasteiger partial charge in [-0.1, -0.05) is 24.6 Å². The van der Waals surface area contributed by atoms with E-state index in [1.807, 2.05) is 12.1 Å². The van der Waals surface area contributed by atoms with Crippen molar-refractivity contribution in [1.29, 1.82) is 0 Å². The van der Waals surface area contributed by atoms with Gasteiger partial charge >= 0.3 is 0 Å². The van der Waals surface area contributed by atoms with Gasteiger partial charge in [-0.05, 0) is 65.5 Å². The van der Waals surface area contributed by atoms with Gasteiger partial charge in [0.05, 0.1) is 5.02 Å². The van der Waals surface area contributed by atoms with Gasteiger partial charge in [0.15, 0.2) is 0 Å². The zero-order valence-corrected chi connectivity index (χ0v) is 14.9. The summed E-state index contributed by atoms with van der Waals surface area (Å²) in [4.78, 5) is 2.14. The molecule has 120 valence electrons. The highest BCUT2D eigenvalue weighted by atomic mass is 35.5. The van der Waals surface area contributed by atoms with Crippen molar-refractivity contribution in [2.24, 2.45) is 0 Å². The average molecular weight is 313 g/mol. The lowest BCUT2D eigenvalue weighted by molar-refractivity contribution is 0.114. The summed E-state index contributed by atoms with van der Waals surface area (Å²) in [5, 5.41) is 4.13. The molecule has 0 spiro atoms. The van der Waals surface area contributed by atoms with Crippen molar-refractivity contribution in [2.75, 3.05) is 27.2 Å². The number of halogens is 1. The summed E-state index contributed by atoms with van der Waals surface area (Å²) < 4.78 is 5.88. The largest absolute Gasteiger partial charge is 0.490 e. The molecule has 0 aliphatic rings. The highest BCUT2D eigenvalue weighted by Gasteiger charge is 2.22. The number of nitrogens with zero attached hydrogens (tertiary/aromatic N) is 1. The number of likely N-dealkylation sites (N-methyl/N-ethyl adjacent to an activating group) is 1. The molecule has 1 rings (SSSR count). The summed E-state index contributed by atoms with van der Waals surface area (Å²) in [6.45, 7) is 10.2. The van der Waals surface area contributed by atoms with Crippen LogP contribution < -0.4 is 10.1 Å². The van der Waals surface area contributed by atoms with Crippen LogP contribution in [0.15, 0.2) is 18.2 Å². The van der Waals surface area contributed by atoms with Crippen LogP contribution >= 0.6 is 11.6 Å². The third kappa shape index (κ3) is 5.50. The number of nitrogens with one attached hydrogen (secondary N) is 1. The van der Waals surface area contributed by atoms with E-state index < -0.39 is 0 Å². The predicted molar refractivity (Wildman–Crippen MR) is 91.4 cm³/mol. The van der Waals surface area contributed by atoms with Crippen LogP contribution in [0.25, 0.3) is 0 Å². The second-order valence-corrected chi connectivity index (χ2v) is 6.77. The van der Waals surface area contributed by atoms with Crippen LogP contribution in [0.1, 0.15) is 45.7 Å². The first-order valence-electron chi connectivity index (χ1n) is 7.61. The number of rotatable bonds is 8. The Morgan fingerprint density at radius 1 is 1.33 bits per heavy atom. The lowest BCUT2D eigenvalue weighted by Gasteiger charge is -2.32. The molecule has 1 unspecified atom stereocenters. The van der Waals surface area contributed by atoms with Crippen LogP contribution in [0.4, 0.5) is 0 Å². The quantitative estimate of drug-likeness (QED) is 0.781. The maximum Gasteiger partial charge on any atom is 0.138 e. The minimum atomic E-state index is -0.0298. The number of hydrogen-bond acceptors (Lipinski definition) is 3. The Labute approximate surface area is 134 Å². The van der Waals surface area contributed by atoms with E-state index in [9.17, 15) is 0 Å². The van der Waals surface area contributed by atoms with Gasteiger partial charge in [0, 0.05) is 11.6 Å². The fraction of sp³-hybridized carbons (Fsp3) is 0.647. The summed E-state index contributed by atoms with van der Waals surface area (Å²) in [7, 11) is 4.10. The van der Waals surface area contributed by atoms with Crippen molar-refractivity contribution < 1.29 is 4.74 Å². The third-order valence-corrected chi connectivity index (χ3v) is 4.24. The molecule has 0 saturated carbocycles.